The number of rotatable bonds is 8. The average molecular weight is 635 g/mol. The normalized spacial score (nSPS) is 12.5. The number of aromatic amines is 1. The van der Waals surface area contributed by atoms with Crippen LogP contribution in [-0.4, -0.2) is 37.7 Å². The molecule has 9 heteroatoms. The zero-order valence-electron chi connectivity index (χ0n) is 27.9. The lowest BCUT2D eigenvalue weighted by molar-refractivity contribution is 0.356. The van der Waals surface area contributed by atoms with E-state index in [1.54, 1.807) is 18.5 Å². The molecule has 1 aliphatic rings. The highest BCUT2D eigenvalue weighted by Crippen LogP contribution is 2.30. The van der Waals surface area contributed by atoms with Gasteiger partial charge in [-0.2, -0.15) is 0 Å². The van der Waals surface area contributed by atoms with Crippen molar-refractivity contribution < 1.29 is 4.39 Å². The minimum Gasteiger partial charge on any atom is -0.397 e. The summed E-state index contributed by atoms with van der Waals surface area (Å²) in [6.45, 7) is 16.5. The first-order valence-corrected chi connectivity index (χ1v) is 16.1. The van der Waals surface area contributed by atoms with Crippen LogP contribution in [0, 0.1) is 17.1 Å². The van der Waals surface area contributed by atoms with Crippen LogP contribution < -0.4 is 11.1 Å². The van der Waals surface area contributed by atoms with Gasteiger partial charge in [-0.25, -0.2) is 19.3 Å². The summed E-state index contributed by atoms with van der Waals surface area (Å²) in [6, 6.07) is 12.5. The molecule has 5 aromatic rings. The first-order chi connectivity index (χ1) is 23.0. The SMILES string of the molecule is C=C.C=C.CC.CNCc1cc(F)cc(-c2ccnc3nc(C(=N)c4nc(-c5cncc(CC6CCCCC6)c5)ccc4N)[nH]c23)c1. The van der Waals surface area contributed by atoms with Crippen LogP contribution >= 0.6 is 0 Å². The van der Waals surface area contributed by atoms with Gasteiger partial charge in [0.25, 0.3) is 0 Å². The maximum Gasteiger partial charge on any atom is 0.178 e. The second kappa shape index (κ2) is 18.2. The molecule has 1 fully saturated rings. The zero-order chi connectivity index (χ0) is 34.3. The van der Waals surface area contributed by atoms with Gasteiger partial charge < -0.3 is 16.0 Å². The smallest absolute Gasteiger partial charge is 0.178 e. The van der Waals surface area contributed by atoms with E-state index < -0.39 is 0 Å². The fourth-order valence-corrected chi connectivity index (χ4v) is 5.79. The number of benzene rings is 1. The van der Waals surface area contributed by atoms with Crippen molar-refractivity contribution in [3.8, 4) is 22.4 Å². The third kappa shape index (κ3) is 9.04. The first kappa shape index (κ1) is 36.4. The van der Waals surface area contributed by atoms with E-state index in [9.17, 15) is 4.39 Å². The molecule has 8 nitrogen and oxygen atoms in total. The van der Waals surface area contributed by atoms with Crippen molar-refractivity contribution in [2.45, 2.75) is 58.9 Å². The van der Waals surface area contributed by atoms with Crippen LogP contribution in [0.25, 0.3) is 33.5 Å². The van der Waals surface area contributed by atoms with Crippen molar-refractivity contribution in [2.24, 2.45) is 5.92 Å². The molecule has 5 N–H and O–H groups in total. The lowest BCUT2D eigenvalue weighted by atomic mass is 9.85. The first-order valence-electron chi connectivity index (χ1n) is 16.1. The van der Waals surface area contributed by atoms with Gasteiger partial charge in [0, 0.05) is 36.3 Å². The molecule has 0 bridgehead atoms. The summed E-state index contributed by atoms with van der Waals surface area (Å²) < 4.78 is 14.4. The predicted molar refractivity (Wildman–Crippen MR) is 194 cm³/mol. The Morgan fingerprint density at radius 3 is 2.40 bits per heavy atom. The Bertz CT molecular complexity index is 1750. The molecule has 0 spiro atoms. The summed E-state index contributed by atoms with van der Waals surface area (Å²) in [4.78, 5) is 21.5. The van der Waals surface area contributed by atoms with Crippen LogP contribution in [-0.2, 0) is 13.0 Å². The second-order valence-corrected chi connectivity index (χ2v) is 10.8. The highest BCUT2D eigenvalue weighted by atomic mass is 19.1. The Labute approximate surface area is 278 Å². The van der Waals surface area contributed by atoms with Crippen molar-refractivity contribution in [3.63, 3.8) is 0 Å². The van der Waals surface area contributed by atoms with Crippen molar-refractivity contribution in [3.05, 3.63) is 116 Å². The van der Waals surface area contributed by atoms with Gasteiger partial charge in [-0.3, -0.25) is 10.4 Å². The number of hydrogen-bond donors (Lipinski definition) is 4. The molecule has 0 saturated heterocycles. The van der Waals surface area contributed by atoms with Gasteiger partial charge in [0.05, 0.1) is 16.9 Å². The highest BCUT2D eigenvalue weighted by molar-refractivity contribution is 6.12. The van der Waals surface area contributed by atoms with Crippen LogP contribution in [0.5, 0.6) is 0 Å². The molecule has 0 amide bonds. The third-order valence-electron chi connectivity index (χ3n) is 7.78. The van der Waals surface area contributed by atoms with Gasteiger partial charge in [-0.15, -0.1) is 26.3 Å². The minimum atomic E-state index is -0.323. The third-order valence-corrected chi connectivity index (χ3v) is 7.78. The quantitative estimate of drug-likeness (QED) is 0.0998. The summed E-state index contributed by atoms with van der Waals surface area (Å²) in [7, 11) is 1.82. The van der Waals surface area contributed by atoms with E-state index in [1.807, 2.05) is 45.3 Å². The maximum atomic E-state index is 14.4. The number of halogens is 1. The predicted octanol–water partition coefficient (Wildman–Crippen LogP) is 8.69. The van der Waals surface area contributed by atoms with Crippen molar-refractivity contribution >= 4 is 22.6 Å². The number of nitrogens with one attached hydrogen (secondary N) is 3. The Morgan fingerprint density at radius 1 is 0.957 bits per heavy atom. The molecule has 0 atom stereocenters. The molecule has 4 aromatic heterocycles. The monoisotopic (exact) mass is 634 g/mol. The molecule has 0 aliphatic heterocycles. The largest absolute Gasteiger partial charge is 0.397 e. The van der Waals surface area contributed by atoms with E-state index in [0.29, 0.717) is 46.3 Å². The number of imidazole rings is 1. The Hall–Kier alpha value is -5.02. The number of pyridine rings is 3. The summed E-state index contributed by atoms with van der Waals surface area (Å²) in [6.07, 6.45) is 12.9. The molecule has 4 heterocycles. The second-order valence-electron chi connectivity index (χ2n) is 10.8. The molecule has 246 valence electrons. The molecular formula is C38H47FN8. The number of nitrogens with two attached hydrogens (primary N) is 1. The molecule has 0 unspecified atom stereocenters. The van der Waals surface area contributed by atoms with E-state index in [-0.39, 0.29) is 17.4 Å². The lowest BCUT2D eigenvalue weighted by Crippen LogP contribution is -2.11. The van der Waals surface area contributed by atoms with Crippen molar-refractivity contribution in [1.82, 2.24) is 30.2 Å². The van der Waals surface area contributed by atoms with Gasteiger partial charge in [-0.05, 0) is 78.5 Å². The van der Waals surface area contributed by atoms with Gasteiger partial charge in [0.2, 0.25) is 0 Å². The fraction of sp³-hybridized carbons (Fsp3) is 0.289. The van der Waals surface area contributed by atoms with Crippen molar-refractivity contribution in [2.75, 3.05) is 12.8 Å². The average Bonchev–Trinajstić information content (AvgIpc) is 3.56. The zero-order valence-corrected chi connectivity index (χ0v) is 27.9. The van der Waals surface area contributed by atoms with Gasteiger partial charge in [0.1, 0.15) is 17.2 Å². The number of fused-ring (bicyclic) bond motifs is 1. The lowest BCUT2D eigenvalue weighted by Gasteiger charge is -2.21. The van der Waals surface area contributed by atoms with Gasteiger partial charge in [-0.1, -0.05) is 46.0 Å². The number of nitrogen functional groups attached to an aromatic ring is 1. The minimum absolute atomic E-state index is 0.0507. The van der Waals surface area contributed by atoms with Crippen molar-refractivity contribution in [1.29, 1.82) is 5.41 Å². The standard InChI is InChI=1S/C32H33FN8.C2H6.2C2H4/c1-36-16-21-12-22(15-24(33)14-21)25-9-10-38-32-29(25)40-31(41-32)28(35)30-26(34)7-8-27(39-30)23-13-20(17-37-18-23)11-19-5-3-2-4-6-19;3*1-2/h7-10,12-15,17-19,35-36H,2-6,11,16,34H2,1H3,(H,38,40,41);1-2H3;2*1-2H2. The molecule has 1 saturated carbocycles. The Kier molecular flexibility index (Phi) is 14.1. The van der Waals surface area contributed by atoms with E-state index in [4.69, 9.17) is 16.1 Å². The summed E-state index contributed by atoms with van der Waals surface area (Å²) >= 11 is 0. The van der Waals surface area contributed by atoms with E-state index in [1.165, 1.54) is 49.8 Å². The summed E-state index contributed by atoms with van der Waals surface area (Å²) in [5.74, 6) is 0.668. The van der Waals surface area contributed by atoms with Crippen LogP contribution in [0.4, 0.5) is 10.1 Å². The van der Waals surface area contributed by atoms with Gasteiger partial charge in [0.15, 0.2) is 11.5 Å². The van der Waals surface area contributed by atoms with Crippen LogP contribution in [0.2, 0.25) is 0 Å². The molecule has 47 heavy (non-hydrogen) atoms. The number of aromatic nitrogens is 5. The van der Waals surface area contributed by atoms with Crippen LogP contribution in [0.15, 0.2) is 87.4 Å². The fourth-order valence-electron chi connectivity index (χ4n) is 5.79. The summed E-state index contributed by atoms with van der Waals surface area (Å²) in [5.41, 5.74) is 13.2. The number of hydrogen-bond acceptors (Lipinski definition) is 7. The Morgan fingerprint density at radius 2 is 1.68 bits per heavy atom. The van der Waals surface area contributed by atoms with E-state index in [2.05, 4.69) is 57.6 Å². The van der Waals surface area contributed by atoms with Crippen LogP contribution in [0.3, 0.4) is 0 Å². The number of H-pyrrole nitrogens is 1. The summed E-state index contributed by atoms with van der Waals surface area (Å²) in [5, 5.41) is 12.0. The highest BCUT2D eigenvalue weighted by Gasteiger charge is 2.19. The molecule has 1 aromatic carbocycles. The number of nitrogens with zero attached hydrogens (tertiary/aromatic N) is 4. The number of anilines is 1. The molecule has 1 aliphatic carbocycles. The molecule has 6 rings (SSSR count). The van der Waals surface area contributed by atoms with E-state index in [0.717, 1.165) is 23.1 Å². The van der Waals surface area contributed by atoms with Crippen LogP contribution in [0.1, 0.15) is 68.6 Å². The Balaban J connectivity index is 0.000000947. The van der Waals surface area contributed by atoms with Gasteiger partial charge >= 0.3 is 0 Å². The molecular weight excluding hydrogens is 587 g/mol. The maximum absolute atomic E-state index is 14.4. The van der Waals surface area contributed by atoms with E-state index >= 15 is 0 Å². The molecule has 0 radical (unpaired) electrons. The topological polar surface area (TPSA) is 129 Å².